The average Bonchev–Trinajstić information content (AvgIpc) is 2.15. The Kier molecular flexibility index (Phi) is 4.25. The first-order chi connectivity index (χ1) is 5.88. The maximum Gasteiger partial charge on any atom is 0.122 e. The molecule has 0 amide bonds. The molecular formula is C9H17NO2. The van der Waals surface area contributed by atoms with E-state index in [1.54, 1.807) is 7.11 Å². The third kappa shape index (κ3) is 2.57. The van der Waals surface area contributed by atoms with E-state index >= 15 is 0 Å². The van der Waals surface area contributed by atoms with Gasteiger partial charge in [0.2, 0.25) is 0 Å². The Morgan fingerprint density at radius 1 is 1.58 bits per heavy atom. The third-order valence-corrected chi connectivity index (χ3v) is 2.54. The first kappa shape index (κ1) is 9.68. The van der Waals surface area contributed by atoms with E-state index in [4.69, 9.17) is 4.74 Å². The van der Waals surface area contributed by atoms with Crippen LogP contribution in [0.2, 0.25) is 0 Å². The highest BCUT2D eigenvalue weighted by Gasteiger charge is 2.22. The van der Waals surface area contributed by atoms with Crippen LogP contribution in [0.3, 0.4) is 0 Å². The number of aldehydes is 1. The monoisotopic (exact) mass is 171 g/mol. The molecule has 0 radical (unpaired) electrons. The molecule has 0 saturated carbocycles. The lowest BCUT2D eigenvalue weighted by Gasteiger charge is -2.28. The van der Waals surface area contributed by atoms with Gasteiger partial charge in [-0.3, -0.25) is 0 Å². The molecular weight excluding hydrogens is 154 g/mol. The summed E-state index contributed by atoms with van der Waals surface area (Å²) in [6.07, 6.45) is 3.90. The number of hydrogen-bond acceptors (Lipinski definition) is 3. The van der Waals surface area contributed by atoms with Crippen LogP contribution in [0.25, 0.3) is 0 Å². The van der Waals surface area contributed by atoms with Crippen LogP contribution in [0.15, 0.2) is 0 Å². The van der Waals surface area contributed by atoms with E-state index < -0.39 is 0 Å². The van der Waals surface area contributed by atoms with Gasteiger partial charge in [0, 0.05) is 13.5 Å². The Morgan fingerprint density at radius 2 is 2.25 bits per heavy atom. The van der Waals surface area contributed by atoms with Crippen LogP contribution in [0.1, 0.15) is 19.3 Å². The number of ether oxygens (including phenoxy) is 1. The Bertz CT molecular complexity index is 132. The third-order valence-electron chi connectivity index (χ3n) is 2.54. The summed E-state index contributed by atoms with van der Waals surface area (Å²) in [6, 6.07) is 0. The molecule has 0 aromatic heterocycles. The predicted octanol–water partition coefficient (Wildman–Crippen LogP) is 0.590. The van der Waals surface area contributed by atoms with Gasteiger partial charge in [0.1, 0.15) is 6.29 Å². The van der Waals surface area contributed by atoms with Crippen molar-refractivity contribution in [1.29, 1.82) is 0 Å². The van der Waals surface area contributed by atoms with Crippen molar-refractivity contribution in [2.24, 2.45) is 5.92 Å². The quantitative estimate of drug-likeness (QED) is 0.629. The van der Waals surface area contributed by atoms with Crippen LogP contribution < -0.4 is 5.32 Å². The molecule has 1 aliphatic rings. The Labute approximate surface area is 73.5 Å². The molecule has 1 N–H and O–H groups in total. The van der Waals surface area contributed by atoms with Crippen molar-refractivity contribution in [1.82, 2.24) is 5.32 Å². The van der Waals surface area contributed by atoms with E-state index in [-0.39, 0.29) is 6.10 Å². The molecule has 0 aromatic rings. The van der Waals surface area contributed by atoms with Gasteiger partial charge in [-0.25, -0.2) is 0 Å². The number of carbonyl (C=O) groups excluding carboxylic acids is 1. The minimum Gasteiger partial charge on any atom is -0.381 e. The number of carbonyl (C=O) groups is 1. The predicted molar refractivity (Wildman–Crippen MR) is 47.1 cm³/mol. The minimum atomic E-state index is 0.143. The van der Waals surface area contributed by atoms with Crippen LogP contribution in [-0.2, 0) is 9.53 Å². The first-order valence-electron chi connectivity index (χ1n) is 4.55. The lowest BCUT2D eigenvalue weighted by Crippen LogP contribution is -2.35. The van der Waals surface area contributed by atoms with Gasteiger partial charge in [-0.2, -0.15) is 0 Å². The molecule has 1 rings (SSSR count). The van der Waals surface area contributed by atoms with Crippen LogP contribution in [0.5, 0.6) is 0 Å². The molecule has 0 bridgehead atoms. The normalized spacial score (nSPS) is 22.1. The van der Waals surface area contributed by atoms with E-state index in [0.717, 1.165) is 32.2 Å². The van der Waals surface area contributed by atoms with Crippen molar-refractivity contribution in [2.45, 2.75) is 25.4 Å². The highest BCUT2D eigenvalue weighted by Crippen LogP contribution is 2.19. The van der Waals surface area contributed by atoms with Gasteiger partial charge in [-0.15, -0.1) is 0 Å². The fraction of sp³-hybridized carbons (Fsp3) is 0.889. The zero-order valence-electron chi connectivity index (χ0n) is 7.58. The fourth-order valence-electron chi connectivity index (χ4n) is 1.79. The van der Waals surface area contributed by atoms with E-state index in [1.165, 1.54) is 0 Å². The van der Waals surface area contributed by atoms with Crippen LogP contribution in [0, 0.1) is 5.92 Å². The Balaban J connectivity index is 2.34. The second-order valence-electron chi connectivity index (χ2n) is 3.26. The molecule has 1 unspecified atom stereocenters. The molecule has 0 spiro atoms. The lowest BCUT2D eigenvalue weighted by atomic mass is 9.91. The molecule has 1 saturated heterocycles. The smallest absolute Gasteiger partial charge is 0.122 e. The van der Waals surface area contributed by atoms with Crippen molar-refractivity contribution in [3.63, 3.8) is 0 Å². The van der Waals surface area contributed by atoms with Crippen molar-refractivity contribution in [3.05, 3.63) is 0 Å². The fourth-order valence-corrected chi connectivity index (χ4v) is 1.79. The van der Waals surface area contributed by atoms with Gasteiger partial charge in [0.05, 0.1) is 6.10 Å². The number of piperidine rings is 1. The van der Waals surface area contributed by atoms with Gasteiger partial charge >= 0.3 is 0 Å². The first-order valence-corrected chi connectivity index (χ1v) is 4.55. The molecule has 12 heavy (non-hydrogen) atoms. The van der Waals surface area contributed by atoms with Gasteiger partial charge in [-0.05, 0) is 31.8 Å². The number of nitrogens with one attached hydrogen (secondary N) is 1. The van der Waals surface area contributed by atoms with Crippen molar-refractivity contribution in [3.8, 4) is 0 Å². The summed E-state index contributed by atoms with van der Waals surface area (Å²) < 4.78 is 5.27. The summed E-state index contributed by atoms with van der Waals surface area (Å²) in [7, 11) is 1.69. The number of rotatable bonds is 4. The lowest BCUT2D eigenvalue weighted by molar-refractivity contribution is -0.111. The molecule has 1 fully saturated rings. The molecule has 1 heterocycles. The molecule has 3 nitrogen and oxygen atoms in total. The number of hydrogen-bond donors (Lipinski definition) is 1. The van der Waals surface area contributed by atoms with E-state index in [0.29, 0.717) is 12.3 Å². The second-order valence-corrected chi connectivity index (χ2v) is 3.26. The summed E-state index contributed by atoms with van der Waals surface area (Å²) in [5, 5.41) is 3.29. The highest BCUT2D eigenvalue weighted by atomic mass is 16.5. The van der Waals surface area contributed by atoms with E-state index in [2.05, 4.69) is 5.32 Å². The van der Waals surface area contributed by atoms with E-state index in [9.17, 15) is 4.79 Å². The molecule has 3 heteroatoms. The van der Waals surface area contributed by atoms with Crippen molar-refractivity contribution >= 4 is 6.29 Å². The van der Waals surface area contributed by atoms with Crippen molar-refractivity contribution in [2.75, 3.05) is 20.2 Å². The zero-order valence-corrected chi connectivity index (χ0v) is 7.58. The van der Waals surface area contributed by atoms with E-state index in [1.807, 2.05) is 0 Å². The van der Waals surface area contributed by atoms with Crippen LogP contribution in [0.4, 0.5) is 0 Å². The molecule has 1 aliphatic heterocycles. The zero-order chi connectivity index (χ0) is 8.81. The SMILES string of the molecule is COC(CC=O)C1CCNCC1. The summed E-state index contributed by atoms with van der Waals surface area (Å²) in [6.45, 7) is 2.12. The largest absolute Gasteiger partial charge is 0.381 e. The molecule has 1 atom stereocenters. The molecule has 0 aliphatic carbocycles. The summed E-state index contributed by atoms with van der Waals surface area (Å²) in [5.41, 5.74) is 0. The maximum atomic E-state index is 10.3. The van der Waals surface area contributed by atoms with Crippen molar-refractivity contribution < 1.29 is 9.53 Å². The summed E-state index contributed by atoms with van der Waals surface area (Å²) in [4.78, 5) is 10.3. The standard InChI is InChI=1S/C9H17NO2/c1-12-9(4-7-11)8-2-5-10-6-3-8/h7-10H,2-6H2,1H3. The average molecular weight is 171 g/mol. The van der Waals surface area contributed by atoms with Gasteiger partial charge < -0.3 is 14.8 Å². The maximum absolute atomic E-state index is 10.3. The van der Waals surface area contributed by atoms with Gasteiger partial charge in [0.25, 0.3) is 0 Å². The summed E-state index contributed by atoms with van der Waals surface area (Å²) in [5.74, 6) is 0.571. The van der Waals surface area contributed by atoms with Gasteiger partial charge in [0.15, 0.2) is 0 Å². The second kappa shape index (κ2) is 5.27. The Hall–Kier alpha value is -0.410. The molecule has 0 aromatic carbocycles. The molecule has 70 valence electrons. The minimum absolute atomic E-state index is 0.143. The number of methoxy groups -OCH3 is 1. The Morgan fingerprint density at radius 3 is 2.75 bits per heavy atom. The van der Waals surface area contributed by atoms with Gasteiger partial charge in [-0.1, -0.05) is 0 Å². The highest BCUT2D eigenvalue weighted by molar-refractivity contribution is 5.50. The topological polar surface area (TPSA) is 38.3 Å². The summed E-state index contributed by atoms with van der Waals surface area (Å²) >= 11 is 0. The van der Waals surface area contributed by atoms with Crippen LogP contribution >= 0.6 is 0 Å². The van der Waals surface area contributed by atoms with Crippen LogP contribution in [-0.4, -0.2) is 32.6 Å².